The SMILES string of the molecule is CCNC(=NCC(C)(C)SC)NCC(OC)c1ccccc1.I. The highest BCUT2D eigenvalue weighted by atomic mass is 127. The first-order valence-corrected chi connectivity index (χ1v) is 8.90. The molecule has 0 fully saturated rings. The standard InChI is InChI=1S/C17H29N3OS.HI/c1-6-18-16(20-13-17(2,3)22-5)19-12-15(21-4)14-10-8-7-9-11-14;/h7-11,15H,6,12-13H2,1-5H3,(H2,18,19,20);1H. The van der Waals surface area contributed by atoms with Gasteiger partial charge in [-0.2, -0.15) is 11.8 Å². The Morgan fingerprint density at radius 3 is 2.43 bits per heavy atom. The second-order valence-electron chi connectivity index (χ2n) is 5.67. The van der Waals surface area contributed by atoms with E-state index in [1.807, 2.05) is 30.0 Å². The van der Waals surface area contributed by atoms with Gasteiger partial charge in [-0.3, -0.25) is 4.99 Å². The summed E-state index contributed by atoms with van der Waals surface area (Å²) in [4.78, 5) is 4.67. The van der Waals surface area contributed by atoms with Gasteiger partial charge in [-0.05, 0) is 32.6 Å². The van der Waals surface area contributed by atoms with Gasteiger partial charge < -0.3 is 15.4 Å². The molecule has 1 unspecified atom stereocenters. The van der Waals surface area contributed by atoms with E-state index in [-0.39, 0.29) is 34.8 Å². The maximum absolute atomic E-state index is 5.58. The number of guanidine groups is 1. The summed E-state index contributed by atoms with van der Waals surface area (Å²) in [6, 6.07) is 10.2. The fourth-order valence-corrected chi connectivity index (χ4v) is 2.06. The molecule has 0 aliphatic heterocycles. The van der Waals surface area contributed by atoms with Crippen molar-refractivity contribution in [1.82, 2.24) is 10.6 Å². The van der Waals surface area contributed by atoms with Crippen LogP contribution in [-0.4, -0.2) is 43.7 Å². The van der Waals surface area contributed by atoms with Gasteiger partial charge in [0.25, 0.3) is 0 Å². The number of thioether (sulfide) groups is 1. The second-order valence-corrected chi connectivity index (χ2v) is 7.19. The van der Waals surface area contributed by atoms with E-state index in [1.165, 1.54) is 0 Å². The first-order valence-electron chi connectivity index (χ1n) is 7.67. The minimum absolute atomic E-state index is 0. The lowest BCUT2D eigenvalue weighted by Gasteiger charge is -2.22. The third-order valence-corrected chi connectivity index (χ3v) is 4.66. The van der Waals surface area contributed by atoms with E-state index in [2.05, 4.69) is 54.8 Å². The molecule has 0 saturated carbocycles. The Labute approximate surface area is 162 Å². The largest absolute Gasteiger partial charge is 0.375 e. The monoisotopic (exact) mass is 451 g/mol. The Hall–Kier alpha value is -0.470. The summed E-state index contributed by atoms with van der Waals surface area (Å²) < 4.78 is 5.72. The van der Waals surface area contributed by atoms with Gasteiger partial charge in [-0.25, -0.2) is 0 Å². The highest BCUT2D eigenvalue weighted by molar-refractivity contribution is 14.0. The molecule has 0 saturated heterocycles. The van der Waals surface area contributed by atoms with Gasteiger partial charge >= 0.3 is 0 Å². The van der Waals surface area contributed by atoms with E-state index in [4.69, 9.17) is 4.74 Å². The summed E-state index contributed by atoms with van der Waals surface area (Å²) >= 11 is 1.83. The zero-order chi connectivity index (χ0) is 16.4. The molecule has 0 aliphatic rings. The Kier molecular flexibility index (Phi) is 11.7. The van der Waals surface area contributed by atoms with Crippen molar-refractivity contribution in [2.24, 2.45) is 4.99 Å². The van der Waals surface area contributed by atoms with Crippen LogP contribution in [0.2, 0.25) is 0 Å². The predicted molar refractivity (Wildman–Crippen MR) is 113 cm³/mol. The summed E-state index contributed by atoms with van der Waals surface area (Å²) in [6.07, 6.45) is 2.13. The molecule has 0 radical (unpaired) electrons. The predicted octanol–water partition coefficient (Wildman–Crippen LogP) is 3.69. The van der Waals surface area contributed by atoms with Gasteiger partial charge in [0, 0.05) is 24.9 Å². The molecule has 1 atom stereocenters. The normalized spacial score (nSPS) is 13.2. The molecule has 6 heteroatoms. The molecule has 1 aromatic carbocycles. The number of nitrogens with one attached hydrogen (secondary N) is 2. The van der Waals surface area contributed by atoms with Crippen molar-refractivity contribution < 1.29 is 4.74 Å². The number of hydrogen-bond acceptors (Lipinski definition) is 3. The van der Waals surface area contributed by atoms with Gasteiger partial charge in [0.1, 0.15) is 0 Å². The highest BCUT2D eigenvalue weighted by Gasteiger charge is 2.16. The average Bonchev–Trinajstić information content (AvgIpc) is 2.54. The van der Waals surface area contributed by atoms with E-state index in [9.17, 15) is 0 Å². The summed E-state index contributed by atoms with van der Waals surface area (Å²) in [5.74, 6) is 0.836. The first kappa shape index (κ1) is 22.5. The minimum Gasteiger partial charge on any atom is -0.375 e. The van der Waals surface area contributed by atoms with E-state index in [0.717, 1.165) is 24.6 Å². The highest BCUT2D eigenvalue weighted by Crippen LogP contribution is 2.21. The molecule has 2 N–H and O–H groups in total. The van der Waals surface area contributed by atoms with E-state index < -0.39 is 0 Å². The topological polar surface area (TPSA) is 45.7 Å². The minimum atomic E-state index is 0. The van der Waals surface area contributed by atoms with E-state index >= 15 is 0 Å². The lowest BCUT2D eigenvalue weighted by atomic mass is 10.1. The molecular formula is C17H30IN3OS. The third-order valence-electron chi connectivity index (χ3n) is 3.43. The van der Waals surface area contributed by atoms with Gasteiger partial charge in [0.15, 0.2) is 5.96 Å². The van der Waals surface area contributed by atoms with Crippen LogP contribution in [0.3, 0.4) is 0 Å². The Morgan fingerprint density at radius 1 is 1.26 bits per heavy atom. The number of aliphatic imine (C=N–C) groups is 1. The Morgan fingerprint density at radius 2 is 1.91 bits per heavy atom. The number of benzene rings is 1. The zero-order valence-electron chi connectivity index (χ0n) is 14.8. The zero-order valence-corrected chi connectivity index (χ0v) is 17.9. The van der Waals surface area contributed by atoms with Crippen LogP contribution in [0.25, 0.3) is 0 Å². The molecule has 1 aromatic rings. The van der Waals surface area contributed by atoms with Crippen LogP contribution in [0.4, 0.5) is 0 Å². The van der Waals surface area contributed by atoms with Crippen LogP contribution >= 0.6 is 35.7 Å². The third kappa shape index (κ3) is 8.81. The molecule has 1 rings (SSSR count). The second kappa shape index (κ2) is 12.0. The van der Waals surface area contributed by atoms with Crippen LogP contribution in [0, 0.1) is 0 Å². The smallest absolute Gasteiger partial charge is 0.191 e. The quantitative estimate of drug-likeness (QED) is 0.360. The van der Waals surface area contributed by atoms with Crippen LogP contribution in [0.1, 0.15) is 32.4 Å². The van der Waals surface area contributed by atoms with Crippen molar-refractivity contribution in [3.8, 4) is 0 Å². The fourth-order valence-electron chi connectivity index (χ4n) is 1.87. The molecule has 0 aromatic heterocycles. The maximum atomic E-state index is 5.58. The summed E-state index contributed by atoms with van der Waals surface area (Å²) in [7, 11) is 1.74. The summed E-state index contributed by atoms with van der Waals surface area (Å²) in [5.41, 5.74) is 1.16. The molecule has 23 heavy (non-hydrogen) atoms. The molecular weight excluding hydrogens is 421 g/mol. The molecule has 0 heterocycles. The first-order chi connectivity index (χ1) is 10.5. The van der Waals surface area contributed by atoms with Crippen LogP contribution in [-0.2, 0) is 4.74 Å². The average molecular weight is 451 g/mol. The van der Waals surface area contributed by atoms with Gasteiger partial charge in [-0.1, -0.05) is 30.3 Å². The maximum Gasteiger partial charge on any atom is 0.191 e. The van der Waals surface area contributed by atoms with Gasteiger partial charge in [0.05, 0.1) is 12.6 Å². The van der Waals surface area contributed by atoms with Crippen LogP contribution in [0.5, 0.6) is 0 Å². The van der Waals surface area contributed by atoms with Gasteiger partial charge in [-0.15, -0.1) is 24.0 Å². The Balaban J connectivity index is 0.00000484. The van der Waals surface area contributed by atoms with Crippen LogP contribution in [0.15, 0.2) is 35.3 Å². The number of rotatable bonds is 8. The summed E-state index contributed by atoms with van der Waals surface area (Å²) in [6.45, 7) is 8.77. The lowest BCUT2D eigenvalue weighted by molar-refractivity contribution is 0.106. The molecule has 0 spiro atoms. The Bertz CT molecular complexity index is 454. The van der Waals surface area contributed by atoms with Crippen molar-refractivity contribution in [3.63, 3.8) is 0 Å². The van der Waals surface area contributed by atoms with Crippen molar-refractivity contribution in [3.05, 3.63) is 35.9 Å². The summed E-state index contributed by atoms with van der Waals surface area (Å²) in [5, 5.41) is 6.66. The van der Waals surface area contributed by atoms with Crippen molar-refractivity contribution in [2.75, 3.05) is 33.0 Å². The lowest BCUT2D eigenvalue weighted by Crippen LogP contribution is -2.40. The molecule has 0 amide bonds. The number of ether oxygens (including phenoxy) is 1. The molecule has 4 nitrogen and oxygen atoms in total. The van der Waals surface area contributed by atoms with Crippen molar-refractivity contribution >= 4 is 41.7 Å². The molecule has 0 bridgehead atoms. The number of nitrogens with zero attached hydrogens (tertiary/aromatic N) is 1. The van der Waals surface area contributed by atoms with E-state index in [1.54, 1.807) is 7.11 Å². The van der Waals surface area contributed by atoms with Crippen LogP contribution < -0.4 is 10.6 Å². The molecule has 132 valence electrons. The van der Waals surface area contributed by atoms with Crippen molar-refractivity contribution in [2.45, 2.75) is 31.6 Å². The fraction of sp³-hybridized carbons (Fsp3) is 0.588. The number of hydrogen-bond donors (Lipinski definition) is 2. The van der Waals surface area contributed by atoms with E-state index in [0.29, 0.717) is 6.54 Å². The number of halogens is 1. The van der Waals surface area contributed by atoms with Crippen molar-refractivity contribution in [1.29, 1.82) is 0 Å². The number of methoxy groups -OCH3 is 1. The molecule has 0 aliphatic carbocycles. The van der Waals surface area contributed by atoms with Gasteiger partial charge in [0.2, 0.25) is 0 Å².